The molecule has 168 valence electrons. The quantitative estimate of drug-likeness (QED) is 0.381. The molecule has 8 nitrogen and oxygen atoms in total. The molecule has 8 heteroatoms. The van der Waals surface area contributed by atoms with Crippen LogP contribution in [0.4, 0.5) is 0 Å². The molecule has 2 saturated heterocycles. The molecule has 5 atom stereocenters. The van der Waals surface area contributed by atoms with Gasteiger partial charge >= 0.3 is 0 Å². The third-order valence-corrected chi connectivity index (χ3v) is 6.76. The standard InChI is InChI=1S/C23H32N4O4/c28-20(23(31)26-12-14-4-2-1-3-5-14)18(10-16-8-9-24-21(16)29)27-22(30)19-11-17(13-25-19)15-6-7-15/h1-5,15-20,25,28H,6-13H2,(H,24,29)(H,26,31)(H,27,30)/t16-,17+,18-,19-,20?/m0/s1. The molecule has 31 heavy (non-hydrogen) atoms. The van der Waals surface area contributed by atoms with Gasteiger partial charge in [0.25, 0.3) is 5.91 Å². The lowest BCUT2D eigenvalue weighted by molar-refractivity contribution is -0.134. The van der Waals surface area contributed by atoms with Gasteiger partial charge in [0.1, 0.15) is 0 Å². The van der Waals surface area contributed by atoms with Crippen molar-refractivity contribution in [1.29, 1.82) is 0 Å². The van der Waals surface area contributed by atoms with Crippen molar-refractivity contribution < 1.29 is 19.5 Å². The Bertz CT molecular complexity index is 798. The minimum absolute atomic E-state index is 0.0936. The molecule has 2 heterocycles. The summed E-state index contributed by atoms with van der Waals surface area (Å²) in [5, 5.41) is 22.4. The third-order valence-electron chi connectivity index (χ3n) is 6.76. The molecule has 1 aromatic carbocycles. The van der Waals surface area contributed by atoms with E-state index in [1.54, 1.807) is 0 Å². The summed E-state index contributed by atoms with van der Waals surface area (Å²) >= 11 is 0. The van der Waals surface area contributed by atoms with Crippen LogP contribution in [0.15, 0.2) is 30.3 Å². The van der Waals surface area contributed by atoms with Gasteiger partial charge < -0.3 is 26.4 Å². The van der Waals surface area contributed by atoms with E-state index in [-0.39, 0.29) is 36.7 Å². The van der Waals surface area contributed by atoms with E-state index >= 15 is 0 Å². The van der Waals surface area contributed by atoms with Crippen LogP contribution in [-0.4, -0.2) is 54.1 Å². The molecular formula is C23H32N4O4. The van der Waals surface area contributed by atoms with Gasteiger partial charge in [-0.1, -0.05) is 30.3 Å². The normalized spacial score (nSPS) is 27.4. The molecule has 3 aliphatic rings. The summed E-state index contributed by atoms with van der Waals surface area (Å²) in [6.07, 6.45) is 2.69. The number of aliphatic hydroxyl groups is 1. The van der Waals surface area contributed by atoms with Gasteiger partial charge in [0.05, 0.1) is 12.1 Å². The van der Waals surface area contributed by atoms with Crippen molar-refractivity contribution in [3.63, 3.8) is 0 Å². The maximum absolute atomic E-state index is 12.9. The van der Waals surface area contributed by atoms with E-state index in [4.69, 9.17) is 0 Å². The van der Waals surface area contributed by atoms with Gasteiger partial charge in [0, 0.05) is 19.0 Å². The fraction of sp³-hybridized carbons (Fsp3) is 0.609. The number of carbonyl (C=O) groups is 3. The van der Waals surface area contributed by atoms with Gasteiger partial charge in [-0.2, -0.15) is 0 Å². The van der Waals surface area contributed by atoms with E-state index in [9.17, 15) is 19.5 Å². The van der Waals surface area contributed by atoms with Crippen molar-refractivity contribution in [3.05, 3.63) is 35.9 Å². The predicted molar refractivity (Wildman–Crippen MR) is 115 cm³/mol. The van der Waals surface area contributed by atoms with Crippen LogP contribution in [0, 0.1) is 17.8 Å². The first-order valence-electron chi connectivity index (χ1n) is 11.3. The molecule has 0 bridgehead atoms. The van der Waals surface area contributed by atoms with E-state index in [2.05, 4.69) is 21.3 Å². The van der Waals surface area contributed by atoms with Crippen LogP contribution in [-0.2, 0) is 20.9 Å². The minimum atomic E-state index is -1.43. The van der Waals surface area contributed by atoms with Crippen LogP contribution in [0.25, 0.3) is 0 Å². The van der Waals surface area contributed by atoms with E-state index in [1.807, 2.05) is 30.3 Å². The van der Waals surface area contributed by atoms with Crippen LogP contribution in [0.1, 0.15) is 37.7 Å². The maximum atomic E-state index is 12.9. The number of rotatable bonds is 9. The minimum Gasteiger partial charge on any atom is -0.381 e. The Hall–Kier alpha value is -2.45. The Morgan fingerprint density at radius 2 is 1.90 bits per heavy atom. The fourth-order valence-corrected chi connectivity index (χ4v) is 4.69. The first-order chi connectivity index (χ1) is 15.0. The zero-order valence-corrected chi connectivity index (χ0v) is 17.7. The summed E-state index contributed by atoms with van der Waals surface area (Å²) < 4.78 is 0. The Morgan fingerprint density at radius 1 is 1.13 bits per heavy atom. The van der Waals surface area contributed by atoms with Crippen LogP contribution in [0.3, 0.4) is 0 Å². The SMILES string of the molecule is O=C(NCc1ccccc1)C(O)[C@H](C[C@@H]1CCNC1=O)NC(=O)[C@@H]1C[C@@H](C2CC2)CN1. The van der Waals surface area contributed by atoms with Gasteiger partial charge in [0.15, 0.2) is 6.10 Å². The Balaban J connectivity index is 1.37. The average Bonchev–Trinajstić information content (AvgIpc) is 3.37. The Labute approximate surface area is 182 Å². The lowest BCUT2D eigenvalue weighted by Crippen LogP contribution is -2.54. The second kappa shape index (κ2) is 9.78. The highest BCUT2D eigenvalue weighted by atomic mass is 16.3. The monoisotopic (exact) mass is 428 g/mol. The number of benzene rings is 1. The molecule has 3 fully saturated rings. The summed E-state index contributed by atoms with van der Waals surface area (Å²) in [5.41, 5.74) is 0.917. The van der Waals surface area contributed by atoms with Gasteiger partial charge in [-0.25, -0.2) is 0 Å². The van der Waals surface area contributed by atoms with Gasteiger partial charge in [0.2, 0.25) is 11.8 Å². The van der Waals surface area contributed by atoms with Crippen molar-refractivity contribution >= 4 is 17.7 Å². The highest BCUT2D eigenvalue weighted by Gasteiger charge is 2.40. The van der Waals surface area contributed by atoms with E-state index in [0.717, 1.165) is 24.4 Å². The second-order valence-corrected chi connectivity index (χ2v) is 9.07. The van der Waals surface area contributed by atoms with Crippen LogP contribution in [0.2, 0.25) is 0 Å². The number of carbonyl (C=O) groups excluding carboxylic acids is 3. The molecule has 0 aromatic heterocycles. The van der Waals surface area contributed by atoms with E-state index in [1.165, 1.54) is 12.8 Å². The number of hydrogen-bond acceptors (Lipinski definition) is 5. The lowest BCUT2D eigenvalue weighted by atomic mass is 9.93. The maximum Gasteiger partial charge on any atom is 0.251 e. The number of aliphatic hydroxyl groups excluding tert-OH is 1. The molecule has 1 aliphatic carbocycles. The number of hydrogen-bond donors (Lipinski definition) is 5. The molecule has 5 N–H and O–H groups in total. The van der Waals surface area contributed by atoms with Crippen molar-refractivity contribution in [3.8, 4) is 0 Å². The molecule has 0 radical (unpaired) electrons. The van der Waals surface area contributed by atoms with Crippen LogP contribution in [0.5, 0.6) is 0 Å². The first kappa shape index (κ1) is 21.8. The summed E-state index contributed by atoms with van der Waals surface area (Å²) in [6.45, 7) is 1.70. The summed E-state index contributed by atoms with van der Waals surface area (Å²) in [7, 11) is 0. The van der Waals surface area contributed by atoms with Crippen molar-refractivity contribution in [2.24, 2.45) is 17.8 Å². The first-order valence-corrected chi connectivity index (χ1v) is 11.3. The zero-order chi connectivity index (χ0) is 21.8. The van der Waals surface area contributed by atoms with Crippen LogP contribution < -0.4 is 21.3 Å². The van der Waals surface area contributed by atoms with Crippen molar-refractivity contribution in [1.82, 2.24) is 21.3 Å². The fourth-order valence-electron chi connectivity index (χ4n) is 4.69. The lowest BCUT2D eigenvalue weighted by Gasteiger charge is -2.26. The smallest absolute Gasteiger partial charge is 0.251 e. The van der Waals surface area contributed by atoms with Crippen molar-refractivity contribution in [2.75, 3.05) is 13.1 Å². The number of nitrogens with one attached hydrogen (secondary N) is 4. The van der Waals surface area contributed by atoms with Crippen LogP contribution >= 0.6 is 0 Å². The molecule has 0 spiro atoms. The van der Waals surface area contributed by atoms with E-state index in [0.29, 0.717) is 18.9 Å². The largest absolute Gasteiger partial charge is 0.381 e. The van der Waals surface area contributed by atoms with E-state index < -0.39 is 18.1 Å². The summed E-state index contributed by atoms with van der Waals surface area (Å²) in [4.78, 5) is 37.6. The molecule has 1 saturated carbocycles. The topological polar surface area (TPSA) is 120 Å². The predicted octanol–water partition coefficient (Wildman–Crippen LogP) is 0.0628. The molecular weight excluding hydrogens is 396 g/mol. The molecule has 4 rings (SSSR count). The molecule has 1 aromatic rings. The highest BCUT2D eigenvalue weighted by Crippen LogP contribution is 2.40. The van der Waals surface area contributed by atoms with Gasteiger partial charge in [-0.15, -0.1) is 0 Å². The Kier molecular flexibility index (Phi) is 6.87. The van der Waals surface area contributed by atoms with Crippen molar-refractivity contribution in [2.45, 2.75) is 56.8 Å². The Morgan fingerprint density at radius 3 is 2.58 bits per heavy atom. The summed E-state index contributed by atoms with van der Waals surface area (Å²) in [5.74, 6) is 0.0670. The summed E-state index contributed by atoms with van der Waals surface area (Å²) in [6, 6.07) is 8.28. The molecule has 1 unspecified atom stereocenters. The second-order valence-electron chi connectivity index (χ2n) is 9.07. The zero-order valence-electron chi connectivity index (χ0n) is 17.7. The average molecular weight is 429 g/mol. The van der Waals surface area contributed by atoms with Gasteiger partial charge in [-0.05, 0) is 56.0 Å². The highest BCUT2D eigenvalue weighted by molar-refractivity contribution is 5.86. The third kappa shape index (κ3) is 5.62. The molecule has 2 aliphatic heterocycles. The van der Waals surface area contributed by atoms with Gasteiger partial charge in [-0.3, -0.25) is 14.4 Å². The number of amides is 3. The molecule has 3 amide bonds.